The first-order valence-electron chi connectivity index (χ1n) is 7.28. The summed E-state index contributed by atoms with van der Waals surface area (Å²) in [7, 11) is 0. The number of rotatable bonds is 4. The van der Waals surface area contributed by atoms with Crippen molar-refractivity contribution in [1.82, 2.24) is 9.97 Å². The molecule has 2 rings (SSSR count). The van der Waals surface area contributed by atoms with Crippen LogP contribution in [0.3, 0.4) is 0 Å². The Kier molecular flexibility index (Phi) is 4.67. The predicted molar refractivity (Wildman–Crippen MR) is 80.7 cm³/mol. The predicted octanol–water partition coefficient (Wildman–Crippen LogP) is 4.46. The summed E-state index contributed by atoms with van der Waals surface area (Å²) in [6.45, 7) is 6.85. The maximum atomic E-state index is 6.19. The lowest BCUT2D eigenvalue weighted by Gasteiger charge is -2.36. The number of halogens is 1. The summed E-state index contributed by atoms with van der Waals surface area (Å²) >= 11 is 6.19. The van der Waals surface area contributed by atoms with Gasteiger partial charge in [-0.05, 0) is 31.1 Å². The van der Waals surface area contributed by atoms with Crippen LogP contribution in [0.2, 0.25) is 5.15 Å². The van der Waals surface area contributed by atoms with Crippen molar-refractivity contribution in [2.75, 3.05) is 5.32 Å². The maximum Gasteiger partial charge on any atom is 0.137 e. The Morgan fingerprint density at radius 3 is 2.89 bits per heavy atom. The van der Waals surface area contributed by atoms with E-state index in [9.17, 15) is 0 Å². The summed E-state index contributed by atoms with van der Waals surface area (Å²) in [6, 6.07) is 0.505. The smallest absolute Gasteiger partial charge is 0.137 e. The minimum absolute atomic E-state index is 0.428. The van der Waals surface area contributed by atoms with Crippen LogP contribution in [0.4, 0.5) is 5.82 Å². The number of hydrogen-bond acceptors (Lipinski definition) is 3. The van der Waals surface area contributed by atoms with Gasteiger partial charge in [-0.3, -0.25) is 0 Å². The van der Waals surface area contributed by atoms with Gasteiger partial charge < -0.3 is 5.32 Å². The Hall–Kier alpha value is -0.830. The van der Waals surface area contributed by atoms with E-state index in [-0.39, 0.29) is 0 Å². The Morgan fingerprint density at radius 2 is 2.21 bits per heavy atom. The molecular formula is C15H24ClN3. The van der Waals surface area contributed by atoms with Crippen LogP contribution in [0.25, 0.3) is 0 Å². The lowest BCUT2D eigenvalue weighted by molar-refractivity contribution is 0.229. The van der Waals surface area contributed by atoms with Crippen molar-refractivity contribution in [3.63, 3.8) is 0 Å². The molecule has 1 aliphatic rings. The largest absolute Gasteiger partial charge is 0.367 e. The Balaban J connectivity index is 2.12. The van der Waals surface area contributed by atoms with E-state index in [4.69, 9.17) is 11.6 Å². The fourth-order valence-corrected chi connectivity index (χ4v) is 3.23. The molecule has 0 bridgehead atoms. The molecule has 1 unspecified atom stereocenters. The minimum atomic E-state index is 0.428. The molecule has 19 heavy (non-hydrogen) atoms. The highest BCUT2D eigenvalue weighted by molar-refractivity contribution is 6.30. The molecule has 0 amide bonds. The topological polar surface area (TPSA) is 37.8 Å². The summed E-state index contributed by atoms with van der Waals surface area (Å²) in [5, 5.41) is 4.19. The monoisotopic (exact) mass is 281 g/mol. The molecule has 3 nitrogen and oxygen atoms in total. The molecule has 4 heteroatoms. The number of hydrogen-bond donors (Lipinski definition) is 1. The average molecular weight is 282 g/mol. The molecule has 1 heterocycles. The van der Waals surface area contributed by atoms with E-state index < -0.39 is 0 Å². The van der Waals surface area contributed by atoms with Crippen molar-refractivity contribution in [1.29, 1.82) is 0 Å². The van der Waals surface area contributed by atoms with Crippen LogP contribution in [-0.2, 0) is 6.42 Å². The minimum Gasteiger partial charge on any atom is -0.367 e. The fourth-order valence-electron chi connectivity index (χ4n) is 3.00. The average Bonchev–Trinajstić information content (AvgIpc) is 2.32. The molecule has 1 N–H and O–H groups in total. The standard InChI is InChI=1S/C15H24ClN3/c1-4-6-12-13(16)17-10-18-14(12)19-11-7-5-8-15(2,3)9-11/h10-11H,4-9H2,1-3H3,(H,17,18,19). The van der Waals surface area contributed by atoms with E-state index in [1.807, 2.05) is 0 Å². The third-order valence-corrected chi connectivity index (χ3v) is 4.26. The molecule has 0 radical (unpaired) electrons. The molecule has 1 atom stereocenters. The van der Waals surface area contributed by atoms with Gasteiger partial charge >= 0.3 is 0 Å². The second-order valence-corrected chi connectivity index (χ2v) is 6.70. The van der Waals surface area contributed by atoms with Gasteiger partial charge in [0, 0.05) is 11.6 Å². The number of nitrogens with one attached hydrogen (secondary N) is 1. The van der Waals surface area contributed by atoms with Crippen molar-refractivity contribution >= 4 is 17.4 Å². The number of aromatic nitrogens is 2. The van der Waals surface area contributed by atoms with Gasteiger partial charge in [-0.1, -0.05) is 45.2 Å². The van der Waals surface area contributed by atoms with Crippen LogP contribution < -0.4 is 5.32 Å². The van der Waals surface area contributed by atoms with Gasteiger partial charge in [-0.25, -0.2) is 9.97 Å². The van der Waals surface area contributed by atoms with Gasteiger partial charge in [0.2, 0.25) is 0 Å². The molecule has 0 aliphatic heterocycles. The van der Waals surface area contributed by atoms with E-state index in [1.54, 1.807) is 6.33 Å². The second-order valence-electron chi connectivity index (χ2n) is 6.34. The van der Waals surface area contributed by atoms with E-state index >= 15 is 0 Å². The van der Waals surface area contributed by atoms with Gasteiger partial charge in [0.15, 0.2) is 0 Å². The molecule has 1 aromatic rings. The molecule has 0 aromatic carbocycles. The molecular weight excluding hydrogens is 258 g/mol. The zero-order chi connectivity index (χ0) is 13.9. The Bertz CT molecular complexity index is 431. The molecule has 106 valence electrons. The third-order valence-electron chi connectivity index (χ3n) is 3.94. The van der Waals surface area contributed by atoms with Gasteiger partial charge in [0.25, 0.3) is 0 Å². The first-order valence-corrected chi connectivity index (χ1v) is 7.65. The van der Waals surface area contributed by atoms with Gasteiger partial charge in [-0.2, -0.15) is 0 Å². The lowest BCUT2D eigenvalue weighted by atomic mass is 9.75. The van der Waals surface area contributed by atoms with E-state index in [2.05, 4.69) is 36.1 Å². The molecule has 1 saturated carbocycles. The first-order chi connectivity index (χ1) is 9.02. The highest BCUT2D eigenvalue weighted by atomic mass is 35.5. The van der Waals surface area contributed by atoms with E-state index in [1.165, 1.54) is 25.7 Å². The first kappa shape index (κ1) is 14.6. The van der Waals surface area contributed by atoms with Gasteiger partial charge in [-0.15, -0.1) is 0 Å². The van der Waals surface area contributed by atoms with Gasteiger partial charge in [0.1, 0.15) is 17.3 Å². The van der Waals surface area contributed by atoms with Crippen LogP contribution in [-0.4, -0.2) is 16.0 Å². The summed E-state index contributed by atoms with van der Waals surface area (Å²) in [5.41, 5.74) is 1.49. The summed E-state index contributed by atoms with van der Waals surface area (Å²) in [4.78, 5) is 8.49. The van der Waals surface area contributed by atoms with Crippen molar-refractivity contribution in [3.05, 3.63) is 17.0 Å². The Labute approximate surface area is 121 Å². The van der Waals surface area contributed by atoms with Crippen LogP contribution in [0.15, 0.2) is 6.33 Å². The highest BCUT2D eigenvalue weighted by Crippen LogP contribution is 2.36. The molecule has 1 fully saturated rings. The van der Waals surface area contributed by atoms with Crippen LogP contribution in [0, 0.1) is 5.41 Å². The summed E-state index contributed by atoms with van der Waals surface area (Å²) in [5.74, 6) is 0.935. The summed E-state index contributed by atoms with van der Waals surface area (Å²) < 4.78 is 0. The summed E-state index contributed by atoms with van der Waals surface area (Å²) in [6.07, 6.45) is 8.55. The molecule has 1 aromatic heterocycles. The van der Waals surface area contributed by atoms with E-state index in [0.29, 0.717) is 16.6 Å². The van der Waals surface area contributed by atoms with Crippen molar-refractivity contribution in [2.45, 2.75) is 65.3 Å². The van der Waals surface area contributed by atoms with Crippen molar-refractivity contribution in [3.8, 4) is 0 Å². The molecule has 0 spiro atoms. The zero-order valence-corrected chi connectivity index (χ0v) is 12.9. The lowest BCUT2D eigenvalue weighted by Crippen LogP contribution is -2.32. The molecule has 0 saturated heterocycles. The quantitative estimate of drug-likeness (QED) is 0.828. The fraction of sp³-hybridized carbons (Fsp3) is 0.733. The van der Waals surface area contributed by atoms with Crippen molar-refractivity contribution < 1.29 is 0 Å². The van der Waals surface area contributed by atoms with Crippen LogP contribution in [0.1, 0.15) is 58.4 Å². The second kappa shape index (κ2) is 6.08. The van der Waals surface area contributed by atoms with Crippen molar-refractivity contribution in [2.24, 2.45) is 5.41 Å². The van der Waals surface area contributed by atoms with Crippen LogP contribution in [0.5, 0.6) is 0 Å². The van der Waals surface area contributed by atoms with E-state index in [0.717, 1.165) is 24.2 Å². The highest BCUT2D eigenvalue weighted by Gasteiger charge is 2.28. The Morgan fingerprint density at radius 1 is 1.42 bits per heavy atom. The van der Waals surface area contributed by atoms with Crippen LogP contribution >= 0.6 is 11.6 Å². The molecule has 1 aliphatic carbocycles. The normalized spacial score (nSPS) is 22.2. The number of anilines is 1. The third kappa shape index (κ3) is 3.82. The number of nitrogens with zero attached hydrogens (tertiary/aromatic N) is 2. The maximum absolute atomic E-state index is 6.19. The zero-order valence-electron chi connectivity index (χ0n) is 12.2. The SMILES string of the molecule is CCCc1c(Cl)ncnc1NC1CCCC(C)(C)C1. The van der Waals surface area contributed by atoms with Gasteiger partial charge in [0.05, 0.1) is 0 Å².